The third kappa shape index (κ3) is 2.40. The average molecular weight is 271 g/mol. The quantitative estimate of drug-likeness (QED) is 0.787. The highest BCUT2D eigenvalue weighted by molar-refractivity contribution is 5.82. The van der Waals surface area contributed by atoms with Crippen molar-refractivity contribution in [3.8, 4) is 5.75 Å². The van der Waals surface area contributed by atoms with Gasteiger partial charge in [-0.2, -0.15) is 0 Å². The van der Waals surface area contributed by atoms with E-state index in [1.165, 1.54) is 21.3 Å². The van der Waals surface area contributed by atoms with Gasteiger partial charge in [-0.1, -0.05) is 0 Å². The van der Waals surface area contributed by atoms with E-state index in [4.69, 9.17) is 9.57 Å². The normalized spacial score (nSPS) is 21.1. The van der Waals surface area contributed by atoms with Gasteiger partial charge in [-0.25, -0.2) is 13.8 Å². The van der Waals surface area contributed by atoms with Gasteiger partial charge in [-0.05, 0) is 18.6 Å². The minimum Gasteiger partial charge on any atom is -0.493 e. The molecule has 6 heteroatoms. The Morgan fingerprint density at radius 2 is 1.95 bits per heavy atom. The molecule has 0 aliphatic heterocycles. The van der Waals surface area contributed by atoms with Crippen LogP contribution in [0.3, 0.4) is 0 Å². The molecule has 104 valence electrons. The molecule has 0 bridgehead atoms. The van der Waals surface area contributed by atoms with Crippen molar-refractivity contribution in [3.05, 3.63) is 29.3 Å². The molecule has 1 fully saturated rings. The number of hydroxylamine groups is 2. The Morgan fingerprint density at radius 1 is 1.32 bits per heavy atom. The summed E-state index contributed by atoms with van der Waals surface area (Å²) in [4.78, 5) is 16.7. The molecule has 2 unspecified atom stereocenters. The predicted molar refractivity (Wildman–Crippen MR) is 63.5 cm³/mol. The molecular weight excluding hydrogens is 256 g/mol. The molecule has 0 N–H and O–H groups in total. The molecule has 4 nitrogen and oxygen atoms in total. The fraction of sp³-hybridized carbons (Fsp3) is 0.462. The maximum Gasteiger partial charge on any atom is 0.249 e. The van der Waals surface area contributed by atoms with Crippen LogP contribution in [0, 0.1) is 17.6 Å². The fourth-order valence-electron chi connectivity index (χ4n) is 2.21. The van der Waals surface area contributed by atoms with Crippen LogP contribution < -0.4 is 4.74 Å². The summed E-state index contributed by atoms with van der Waals surface area (Å²) in [7, 11) is 4.14. The summed E-state index contributed by atoms with van der Waals surface area (Å²) >= 11 is 0. The van der Waals surface area contributed by atoms with Gasteiger partial charge in [0.1, 0.15) is 5.82 Å². The molecule has 1 aromatic carbocycles. The molecule has 0 aromatic heterocycles. The van der Waals surface area contributed by atoms with Crippen LogP contribution in [0.15, 0.2) is 12.1 Å². The van der Waals surface area contributed by atoms with Crippen LogP contribution in [0.5, 0.6) is 5.75 Å². The standard InChI is InChI=1S/C13H15F2NO3/c1-16(19-3)13(17)8-6-7(8)11-9(14)4-5-10(15)12(11)18-2/h4-5,7-8H,6H2,1-3H3. The zero-order chi connectivity index (χ0) is 14.2. The van der Waals surface area contributed by atoms with Crippen LogP contribution in [0.4, 0.5) is 8.78 Å². The maximum atomic E-state index is 13.8. The Hall–Kier alpha value is -1.69. The number of halogens is 2. The Bertz CT molecular complexity index is 507. The van der Waals surface area contributed by atoms with Gasteiger partial charge in [-0.3, -0.25) is 9.63 Å². The molecule has 0 saturated heterocycles. The number of carbonyl (C=O) groups is 1. The van der Waals surface area contributed by atoms with Crippen LogP contribution in [0.1, 0.15) is 17.9 Å². The highest BCUT2D eigenvalue weighted by atomic mass is 19.1. The van der Waals surface area contributed by atoms with Gasteiger partial charge in [0.25, 0.3) is 0 Å². The second kappa shape index (κ2) is 5.13. The van der Waals surface area contributed by atoms with Gasteiger partial charge in [0, 0.05) is 24.4 Å². The molecule has 0 spiro atoms. The first-order valence-electron chi connectivity index (χ1n) is 5.84. The van der Waals surface area contributed by atoms with Gasteiger partial charge in [0.05, 0.1) is 14.2 Å². The topological polar surface area (TPSA) is 38.8 Å². The predicted octanol–water partition coefficient (Wildman–Crippen LogP) is 2.10. The lowest BCUT2D eigenvalue weighted by atomic mass is 10.1. The van der Waals surface area contributed by atoms with Gasteiger partial charge in [-0.15, -0.1) is 0 Å². The number of nitrogens with zero attached hydrogens (tertiary/aromatic N) is 1. The Morgan fingerprint density at radius 3 is 2.53 bits per heavy atom. The maximum absolute atomic E-state index is 13.8. The first kappa shape index (κ1) is 13.7. The fourth-order valence-corrected chi connectivity index (χ4v) is 2.21. The van der Waals surface area contributed by atoms with Crippen LogP contribution in [-0.4, -0.2) is 32.2 Å². The second-order valence-electron chi connectivity index (χ2n) is 4.44. The largest absolute Gasteiger partial charge is 0.493 e. The third-order valence-corrected chi connectivity index (χ3v) is 3.36. The van der Waals surface area contributed by atoms with Crippen molar-refractivity contribution in [2.75, 3.05) is 21.3 Å². The number of benzene rings is 1. The van der Waals surface area contributed by atoms with Gasteiger partial charge >= 0.3 is 0 Å². The van der Waals surface area contributed by atoms with Crippen LogP contribution >= 0.6 is 0 Å². The van der Waals surface area contributed by atoms with E-state index >= 15 is 0 Å². The number of hydrogen-bond donors (Lipinski definition) is 0. The lowest BCUT2D eigenvalue weighted by Crippen LogP contribution is -2.27. The number of hydrogen-bond acceptors (Lipinski definition) is 3. The monoisotopic (exact) mass is 271 g/mol. The highest BCUT2D eigenvalue weighted by Gasteiger charge is 2.48. The van der Waals surface area contributed by atoms with Gasteiger partial charge < -0.3 is 4.74 Å². The first-order chi connectivity index (χ1) is 9.01. The zero-order valence-corrected chi connectivity index (χ0v) is 10.9. The van der Waals surface area contributed by atoms with E-state index in [-0.39, 0.29) is 23.1 Å². The number of amides is 1. The van der Waals surface area contributed by atoms with Crippen LogP contribution in [0.25, 0.3) is 0 Å². The van der Waals surface area contributed by atoms with Gasteiger partial charge in [0.2, 0.25) is 5.91 Å². The van der Waals surface area contributed by atoms with E-state index in [9.17, 15) is 13.6 Å². The van der Waals surface area contributed by atoms with E-state index in [0.717, 1.165) is 17.2 Å². The van der Waals surface area contributed by atoms with E-state index in [0.29, 0.717) is 6.42 Å². The summed E-state index contributed by atoms with van der Waals surface area (Å²) in [6.45, 7) is 0. The molecule has 1 aliphatic rings. The molecule has 19 heavy (non-hydrogen) atoms. The molecule has 1 aromatic rings. The molecule has 1 saturated carbocycles. The van der Waals surface area contributed by atoms with Crippen LogP contribution in [-0.2, 0) is 9.63 Å². The number of methoxy groups -OCH3 is 1. The summed E-state index contributed by atoms with van der Waals surface area (Å²) < 4.78 is 32.3. The minimum atomic E-state index is -0.628. The Kier molecular flexibility index (Phi) is 3.71. The minimum absolute atomic E-state index is 0.125. The molecular formula is C13H15F2NO3. The smallest absolute Gasteiger partial charge is 0.249 e. The summed E-state index contributed by atoms with van der Waals surface area (Å²) in [5.41, 5.74) is 0.130. The molecule has 2 atom stereocenters. The van der Waals surface area contributed by atoms with Crippen LogP contribution in [0.2, 0.25) is 0 Å². The molecule has 1 amide bonds. The van der Waals surface area contributed by atoms with Crippen molar-refractivity contribution in [1.82, 2.24) is 5.06 Å². The van der Waals surface area contributed by atoms with E-state index in [2.05, 4.69) is 0 Å². The average Bonchev–Trinajstić information content (AvgIpc) is 3.19. The van der Waals surface area contributed by atoms with E-state index in [1.807, 2.05) is 0 Å². The number of ether oxygens (including phenoxy) is 1. The number of rotatable bonds is 4. The third-order valence-electron chi connectivity index (χ3n) is 3.36. The summed E-state index contributed by atoms with van der Waals surface area (Å²) in [6, 6.07) is 2.06. The zero-order valence-electron chi connectivity index (χ0n) is 10.9. The van der Waals surface area contributed by atoms with Crippen molar-refractivity contribution in [2.24, 2.45) is 5.92 Å². The summed E-state index contributed by atoms with van der Waals surface area (Å²) in [6.07, 6.45) is 0.462. The molecule has 1 aliphatic carbocycles. The lowest BCUT2D eigenvalue weighted by Gasteiger charge is -2.14. The van der Waals surface area contributed by atoms with Crippen molar-refractivity contribution in [2.45, 2.75) is 12.3 Å². The SMILES string of the molecule is COc1c(F)ccc(F)c1C1CC1C(=O)N(C)OC. The van der Waals surface area contributed by atoms with Crippen molar-refractivity contribution in [1.29, 1.82) is 0 Å². The van der Waals surface area contributed by atoms with Crippen molar-refractivity contribution < 1.29 is 23.1 Å². The van der Waals surface area contributed by atoms with Crippen molar-refractivity contribution >= 4 is 5.91 Å². The number of carbonyl (C=O) groups excluding carboxylic acids is 1. The lowest BCUT2D eigenvalue weighted by molar-refractivity contribution is -0.170. The van der Waals surface area contributed by atoms with E-state index < -0.39 is 17.6 Å². The summed E-state index contributed by atoms with van der Waals surface area (Å²) in [5, 5.41) is 1.09. The highest BCUT2D eigenvalue weighted by Crippen LogP contribution is 2.52. The summed E-state index contributed by atoms with van der Waals surface area (Å²) in [5.74, 6) is -2.32. The first-order valence-corrected chi connectivity index (χ1v) is 5.84. The molecule has 2 rings (SSSR count). The van der Waals surface area contributed by atoms with Gasteiger partial charge in [0.15, 0.2) is 11.6 Å². The second-order valence-corrected chi connectivity index (χ2v) is 4.44. The Balaban J connectivity index is 2.26. The Labute approximate surface area is 109 Å². The van der Waals surface area contributed by atoms with Crippen molar-refractivity contribution in [3.63, 3.8) is 0 Å². The molecule has 0 radical (unpaired) electrons. The molecule has 0 heterocycles. The van der Waals surface area contributed by atoms with E-state index in [1.54, 1.807) is 0 Å².